The van der Waals surface area contributed by atoms with Crippen molar-refractivity contribution >= 4 is 5.91 Å². The molecular formula is C33H59NO4. The molecule has 5 nitrogen and oxygen atoms in total. The van der Waals surface area contributed by atoms with Crippen molar-refractivity contribution in [2.24, 2.45) is 0 Å². The Morgan fingerprint density at radius 3 is 1.50 bits per heavy atom. The largest absolute Gasteiger partial charge is 0.490 e. The molecule has 0 atom stereocenters. The van der Waals surface area contributed by atoms with Gasteiger partial charge in [0.25, 0.3) is 5.91 Å². The summed E-state index contributed by atoms with van der Waals surface area (Å²) in [5, 5.41) is 11.7. The maximum absolute atomic E-state index is 12.4. The lowest BCUT2D eigenvalue weighted by atomic mass is 10.1. The number of hydrogen-bond donors (Lipinski definition) is 2. The lowest BCUT2D eigenvalue weighted by Crippen LogP contribution is -2.26. The number of nitrogens with one attached hydrogen (secondary N) is 1. The quantitative estimate of drug-likeness (QED) is 0.111. The maximum Gasteiger partial charge on any atom is 0.251 e. The smallest absolute Gasteiger partial charge is 0.251 e. The van der Waals surface area contributed by atoms with Gasteiger partial charge in [0, 0.05) is 12.1 Å². The highest BCUT2D eigenvalue weighted by Gasteiger charge is 2.12. The zero-order chi connectivity index (χ0) is 27.5. The van der Waals surface area contributed by atoms with Crippen LogP contribution in [-0.2, 0) is 0 Å². The Bertz CT molecular complexity index is 679. The van der Waals surface area contributed by atoms with Gasteiger partial charge in [-0.05, 0) is 31.0 Å². The van der Waals surface area contributed by atoms with E-state index in [4.69, 9.17) is 14.6 Å². The second kappa shape index (κ2) is 25.5. The van der Waals surface area contributed by atoms with E-state index < -0.39 is 0 Å². The van der Waals surface area contributed by atoms with Crippen LogP contribution < -0.4 is 14.8 Å². The van der Waals surface area contributed by atoms with E-state index in [2.05, 4.69) is 19.2 Å². The second-order valence-corrected chi connectivity index (χ2v) is 10.7. The first kappa shape index (κ1) is 34.3. The second-order valence-electron chi connectivity index (χ2n) is 10.7. The first-order valence-corrected chi connectivity index (χ1v) is 16.0. The number of ether oxygens (including phenoxy) is 2. The standard InChI is InChI=1S/C33H59NO4/c1-3-5-7-9-11-13-15-17-19-21-27-37-31-24-23-30(33(36)34-25-26-35)29-32(31)38-28-22-20-18-16-14-12-10-8-6-4-2/h23-24,29,35H,3-22,25-28H2,1-2H3,(H,34,36). The molecular weight excluding hydrogens is 474 g/mol. The Labute approximate surface area is 234 Å². The first-order chi connectivity index (χ1) is 18.7. The highest BCUT2D eigenvalue weighted by atomic mass is 16.5. The predicted molar refractivity (Wildman–Crippen MR) is 161 cm³/mol. The average molecular weight is 534 g/mol. The molecule has 0 fully saturated rings. The Morgan fingerprint density at radius 2 is 1.05 bits per heavy atom. The number of hydrogen-bond acceptors (Lipinski definition) is 4. The molecule has 0 radical (unpaired) electrons. The van der Waals surface area contributed by atoms with Gasteiger partial charge in [0.05, 0.1) is 19.8 Å². The van der Waals surface area contributed by atoms with E-state index in [0.717, 1.165) is 12.8 Å². The number of aliphatic hydroxyl groups excluding tert-OH is 1. The molecule has 0 aliphatic rings. The molecule has 2 N–H and O–H groups in total. The van der Waals surface area contributed by atoms with Crippen LogP contribution in [0.1, 0.15) is 153 Å². The summed E-state index contributed by atoms with van der Waals surface area (Å²) >= 11 is 0. The van der Waals surface area contributed by atoms with Crippen LogP contribution in [0.25, 0.3) is 0 Å². The fourth-order valence-corrected chi connectivity index (χ4v) is 4.70. The summed E-state index contributed by atoms with van der Waals surface area (Å²) in [7, 11) is 0. The van der Waals surface area contributed by atoms with Gasteiger partial charge in [-0.25, -0.2) is 0 Å². The Morgan fingerprint density at radius 1 is 0.632 bits per heavy atom. The molecule has 0 heterocycles. The zero-order valence-corrected chi connectivity index (χ0v) is 24.9. The Kier molecular flexibility index (Phi) is 23.0. The van der Waals surface area contributed by atoms with Gasteiger partial charge < -0.3 is 19.9 Å². The molecule has 1 amide bonds. The van der Waals surface area contributed by atoms with Crippen molar-refractivity contribution < 1.29 is 19.4 Å². The van der Waals surface area contributed by atoms with E-state index in [1.165, 1.54) is 116 Å². The summed E-state index contributed by atoms with van der Waals surface area (Å²) in [6.07, 6.45) is 25.8. The molecule has 1 rings (SSSR count). The third kappa shape index (κ3) is 18.5. The van der Waals surface area contributed by atoms with E-state index in [1.54, 1.807) is 12.1 Å². The van der Waals surface area contributed by atoms with Crippen molar-refractivity contribution in [2.75, 3.05) is 26.4 Å². The number of unbranched alkanes of at least 4 members (excludes halogenated alkanes) is 18. The molecule has 0 aromatic heterocycles. The van der Waals surface area contributed by atoms with Crippen LogP contribution in [0.2, 0.25) is 0 Å². The minimum atomic E-state index is -0.205. The number of amides is 1. The van der Waals surface area contributed by atoms with Crippen molar-refractivity contribution in [3.8, 4) is 11.5 Å². The third-order valence-electron chi connectivity index (χ3n) is 7.11. The molecule has 0 saturated carbocycles. The van der Waals surface area contributed by atoms with Crippen molar-refractivity contribution in [3.63, 3.8) is 0 Å². The number of carbonyl (C=O) groups excluding carboxylic acids is 1. The van der Waals surface area contributed by atoms with Gasteiger partial charge in [0.15, 0.2) is 11.5 Å². The normalized spacial score (nSPS) is 11.0. The molecule has 1 aromatic carbocycles. The number of aliphatic hydroxyl groups is 1. The summed E-state index contributed by atoms with van der Waals surface area (Å²) in [6, 6.07) is 5.39. The van der Waals surface area contributed by atoms with Crippen LogP contribution in [0.3, 0.4) is 0 Å². The van der Waals surface area contributed by atoms with E-state index >= 15 is 0 Å². The molecule has 0 spiro atoms. The van der Waals surface area contributed by atoms with Crippen LogP contribution in [0.5, 0.6) is 11.5 Å². The molecule has 1 aromatic rings. The molecule has 5 heteroatoms. The molecule has 0 aliphatic carbocycles. The summed E-state index contributed by atoms with van der Waals surface area (Å²) in [5.41, 5.74) is 0.530. The lowest BCUT2D eigenvalue weighted by molar-refractivity contribution is 0.0944. The van der Waals surface area contributed by atoms with Crippen LogP contribution in [0.4, 0.5) is 0 Å². The number of benzene rings is 1. The summed E-state index contributed by atoms with van der Waals surface area (Å²) < 4.78 is 12.2. The number of rotatable bonds is 27. The van der Waals surface area contributed by atoms with Crippen molar-refractivity contribution in [1.82, 2.24) is 5.32 Å². The van der Waals surface area contributed by atoms with Gasteiger partial charge in [-0.15, -0.1) is 0 Å². The van der Waals surface area contributed by atoms with Gasteiger partial charge in [-0.1, -0.05) is 129 Å². The van der Waals surface area contributed by atoms with Gasteiger partial charge in [0.1, 0.15) is 0 Å². The van der Waals surface area contributed by atoms with Gasteiger partial charge in [-0.2, -0.15) is 0 Å². The molecule has 220 valence electrons. The summed E-state index contributed by atoms with van der Waals surface area (Å²) in [5.74, 6) is 1.15. The fourth-order valence-electron chi connectivity index (χ4n) is 4.70. The van der Waals surface area contributed by atoms with E-state index in [-0.39, 0.29) is 19.1 Å². The lowest BCUT2D eigenvalue weighted by Gasteiger charge is -2.14. The van der Waals surface area contributed by atoms with Crippen molar-refractivity contribution in [2.45, 2.75) is 142 Å². The highest BCUT2D eigenvalue weighted by molar-refractivity contribution is 5.94. The summed E-state index contributed by atoms with van der Waals surface area (Å²) in [4.78, 5) is 12.4. The minimum absolute atomic E-state index is 0.0755. The monoisotopic (exact) mass is 533 g/mol. The van der Waals surface area contributed by atoms with E-state index in [1.807, 2.05) is 6.07 Å². The topological polar surface area (TPSA) is 67.8 Å². The fraction of sp³-hybridized carbons (Fsp3) is 0.788. The number of carbonyl (C=O) groups is 1. The molecule has 0 aliphatic heterocycles. The zero-order valence-electron chi connectivity index (χ0n) is 24.9. The molecule has 38 heavy (non-hydrogen) atoms. The minimum Gasteiger partial charge on any atom is -0.490 e. The predicted octanol–water partition coefficient (Wildman–Crippen LogP) is 9.01. The van der Waals surface area contributed by atoms with Gasteiger partial charge in [0.2, 0.25) is 0 Å². The van der Waals surface area contributed by atoms with E-state index in [0.29, 0.717) is 30.3 Å². The van der Waals surface area contributed by atoms with Gasteiger partial charge in [-0.3, -0.25) is 4.79 Å². The van der Waals surface area contributed by atoms with Crippen LogP contribution >= 0.6 is 0 Å². The van der Waals surface area contributed by atoms with Crippen LogP contribution in [-0.4, -0.2) is 37.4 Å². The third-order valence-corrected chi connectivity index (χ3v) is 7.11. The molecule has 0 bridgehead atoms. The summed E-state index contributed by atoms with van der Waals surface area (Å²) in [6.45, 7) is 5.99. The van der Waals surface area contributed by atoms with Crippen molar-refractivity contribution in [3.05, 3.63) is 23.8 Å². The van der Waals surface area contributed by atoms with E-state index in [9.17, 15) is 4.79 Å². The average Bonchev–Trinajstić information content (AvgIpc) is 2.93. The first-order valence-electron chi connectivity index (χ1n) is 16.0. The van der Waals surface area contributed by atoms with Gasteiger partial charge >= 0.3 is 0 Å². The highest BCUT2D eigenvalue weighted by Crippen LogP contribution is 2.29. The van der Waals surface area contributed by atoms with Crippen molar-refractivity contribution in [1.29, 1.82) is 0 Å². The van der Waals surface area contributed by atoms with Crippen LogP contribution in [0.15, 0.2) is 18.2 Å². The molecule has 0 saturated heterocycles. The SMILES string of the molecule is CCCCCCCCCCCCOc1ccc(C(=O)NCCO)cc1OCCCCCCCCCCCC. The Balaban J connectivity index is 2.36. The Hall–Kier alpha value is -1.75. The van der Waals surface area contributed by atoms with Crippen LogP contribution in [0, 0.1) is 0 Å². The molecule has 0 unspecified atom stereocenters. The maximum atomic E-state index is 12.4.